The molecule has 3 aromatic rings. The number of nitrogens with zero attached hydrogens (tertiary/aromatic N) is 2. The first-order chi connectivity index (χ1) is 20.0. The van der Waals surface area contributed by atoms with Crippen molar-refractivity contribution < 1.29 is 22.7 Å². The molecular formula is C31H38BrN3O5S2. The van der Waals surface area contributed by atoms with Gasteiger partial charge in [0, 0.05) is 22.5 Å². The number of benzene rings is 3. The Kier molecular flexibility index (Phi) is 12.3. The summed E-state index contributed by atoms with van der Waals surface area (Å²) in [4.78, 5) is 29.6. The molecule has 0 bridgehead atoms. The normalized spacial score (nSPS) is 12.1. The van der Waals surface area contributed by atoms with Gasteiger partial charge in [0.25, 0.3) is 10.0 Å². The van der Waals surface area contributed by atoms with Crippen molar-refractivity contribution in [1.29, 1.82) is 0 Å². The summed E-state index contributed by atoms with van der Waals surface area (Å²) in [6.07, 6.45) is 1.91. The second-order valence-corrected chi connectivity index (χ2v) is 13.7. The number of rotatable bonds is 14. The lowest BCUT2D eigenvalue weighted by Crippen LogP contribution is -2.51. The molecule has 2 amide bonds. The molecule has 0 aliphatic heterocycles. The highest BCUT2D eigenvalue weighted by Gasteiger charge is 2.33. The van der Waals surface area contributed by atoms with Crippen LogP contribution >= 0.6 is 27.7 Å². The van der Waals surface area contributed by atoms with Gasteiger partial charge in [-0.25, -0.2) is 8.42 Å². The number of halogens is 1. The van der Waals surface area contributed by atoms with Gasteiger partial charge in [-0.15, -0.1) is 11.8 Å². The lowest BCUT2D eigenvalue weighted by Gasteiger charge is -2.32. The number of hydrogen-bond acceptors (Lipinski definition) is 6. The van der Waals surface area contributed by atoms with Crippen LogP contribution in [0.5, 0.6) is 5.75 Å². The van der Waals surface area contributed by atoms with Crippen LogP contribution in [0.3, 0.4) is 0 Å². The number of ether oxygens (including phenoxy) is 1. The zero-order valence-electron chi connectivity index (χ0n) is 24.5. The first-order valence-electron chi connectivity index (χ1n) is 13.7. The van der Waals surface area contributed by atoms with Crippen LogP contribution in [0.4, 0.5) is 5.69 Å². The van der Waals surface area contributed by atoms with Crippen molar-refractivity contribution in [1.82, 2.24) is 10.2 Å². The van der Waals surface area contributed by atoms with Crippen molar-refractivity contribution in [3.63, 3.8) is 0 Å². The molecule has 0 aliphatic carbocycles. The van der Waals surface area contributed by atoms with Crippen LogP contribution in [0.15, 0.2) is 87.1 Å². The van der Waals surface area contributed by atoms with E-state index in [4.69, 9.17) is 4.74 Å². The van der Waals surface area contributed by atoms with Crippen LogP contribution in [-0.2, 0) is 26.2 Å². The van der Waals surface area contributed by atoms with E-state index in [-0.39, 0.29) is 29.0 Å². The van der Waals surface area contributed by atoms with Crippen LogP contribution in [0, 0.1) is 5.92 Å². The maximum absolute atomic E-state index is 14.1. The second kappa shape index (κ2) is 15.5. The summed E-state index contributed by atoms with van der Waals surface area (Å²) in [5.41, 5.74) is 1.04. The summed E-state index contributed by atoms with van der Waals surface area (Å²) < 4.78 is 36.0. The molecule has 3 rings (SSSR count). The Morgan fingerprint density at radius 3 is 2.21 bits per heavy atom. The molecule has 0 saturated heterocycles. The van der Waals surface area contributed by atoms with E-state index in [0.29, 0.717) is 18.9 Å². The number of nitrogens with one attached hydrogen (secondary N) is 1. The largest absolute Gasteiger partial charge is 0.492 e. The van der Waals surface area contributed by atoms with Gasteiger partial charge in [-0.05, 0) is 80.1 Å². The molecule has 1 N–H and O–H groups in total. The Balaban J connectivity index is 2.06. The van der Waals surface area contributed by atoms with Crippen molar-refractivity contribution in [2.45, 2.75) is 50.1 Å². The minimum absolute atomic E-state index is 0.0431. The summed E-state index contributed by atoms with van der Waals surface area (Å²) in [6.45, 7) is 7.78. The van der Waals surface area contributed by atoms with Gasteiger partial charge in [0.05, 0.1) is 17.2 Å². The SMILES string of the molecule is CCOc1ccccc1N(CC(=O)N(Cc1ccc(Br)cc1)[C@@H](C)C(=O)NCC(C)C)S(=O)(=O)c1ccc(SC)cc1. The van der Waals surface area contributed by atoms with Gasteiger partial charge in [0.15, 0.2) is 0 Å². The molecule has 42 heavy (non-hydrogen) atoms. The number of amides is 2. The molecule has 0 radical (unpaired) electrons. The topological polar surface area (TPSA) is 96.0 Å². The fraction of sp³-hybridized carbons (Fsp3) is 0.355. The fourth-order valence-electron chi connectivity index (χ4n) is 4.15. The van der Waals surface area contributed by atoms with Gasteiger partial charge >= 0.3 is 0 Å². The van der Waals surface area contributed by atoms with Crippen LogP contribution in [0.1, 0.15) is 33.3 Å². The summed E-state index contributed by atoms with van der Waals surface area (Å²) in [5, 5.41) is 2.90. The molecule has 0 aromatic heterocycles. The van der Waals surface area contributed by atoms with Gasteiger partial charge < -0.3 is 15.0 Å². The van der Waals surface area contributed by atoms with Crippen LogP contribution in [0.25, 0.3) is 0 Å². The molecular weight excluding hydrogens is 638 g/mol. The van der Waals surface area contributed by atoms with E-state index in [2.05, 4.69) is 21.2 Å². The van der Waals surface area contributed by atoms with Crippen molar-refractivity contribution in [2.75, 3.05) is 30.3 Å². The Morgan fingerprint density at radius 2 is 1.62 bits per heavy atom. The predicted octanol–water partition coefficient (Wildman–Crippen LogP) is 5.95. The monoisotopic (exact) mass is 675 g/mol. The molecule has 0 heterocycles. The van der Waals surface area contributed by atoms with Crippen LogP contribution < -0.4 is 14.4 Å². The highest BCUT2D eigenvalue weighted by molar-refractivity contribution is 9.10. The van der Waals surface area contributed by atoms with Crippen molar-refractivity contribution in [3.05, 3.63) is 82.8 Å². The highest BCUT2D eigenvalue weighted by atomic mass is 79.9. The molecule has 3 aromatic carbocycles. The van der Waals surface area contributed by atoms with Crippen LogP contribution in [-0.4, -0.2) is 57.1 Å². The Hall–Kier alpha value is -3.02. The van der Waals surface area contributed by atoms with E-state index in [1.807, 2.05) is 44.4 Å². The lowest BCUT2D eigenvalue weighted by molar-refractivity contribution is -0.139. The quantitative estimate of drug-likeness (QED) is 0.212. The van der Waals surface area contributed by atoms with Crippen molar-refractivity contribution in [2.24, 2.45) is 5.92 Å². The number of para-hydroxylation sites is 2. The third-order valence-electron chi connectivity index (χ3n) is 6.48. The minimum atomic E-state index is -4.20. The summed E-state index contributed by atoms with van der Waals surface area (Å²) in [6, 6.07) is 19.8. The van der Waals surface area contributed by atoms with Gasteiger partial charge in [0.2, 0.25) is 11.8 Å². The average molecular weight is 677 g/mol. The molecule has 0 spiro atoms. The van der Waals surface area contributed by atoms with E-state index < -0.39 is 28.5 Å². The highest BCUT2D eigenvalue weighted by Crippen LogP contribution is 2.33. The molecule has 226 valence electrons. The molecule has 0 unspecified atom stereocenters. The van der Waals surface area contributed by atoms with E-state index in [0.717, 1.165) is 19.2 Å². The molecule has 0 aliphatic rings. The first kappa shape index (κ1) is 33.5. The van der Waals surface area contributed by atoms with Crippen LogP contribution in [0.2, 0.25) is 0 Å². The van der Waals surface area contributed by atoms with Gasteiger partial charge in [0.1, 0.15) is 18.3 Å². The lowest BCUT2D eigenvalue weighted by atomic mass is 10.1. The van der Waals surface area contributed by atoms with Crippen molar-refractivity contribution in [3.8, 4) is 5.75 Å². The second-order valence-electron chi connectivity index (χ2n) is 10.1. The van der Waals surface area contributed by atoms with E-state index in [1.54, 1.807) is 50.2 Å². The average Bonchev–Trinajstić information content (AvgIpc) is 2.98. The van der Waals surface area contributed by atoms with Gasteiger partial charge in [-0.3, -0.25) is 13.9 Å². The fourth-order valence-corrected chi connectivity index (χ4v) is 6.25. The van der Waals surface area contributed by atoms with E-state index in [1.165, 1.54) is 28.8 Å². The maximum atomic E-state index is 14.1. The number of thioether (sulfide) groups is 1. The maximum Gasteiger partial charge on any atom is 0.264 e. The summed E-state index contributed by atoms with van der Waals surface area (Å²) >= 11 is 4.93. The van der Waals surface area contributed by atoms with E-state index >= 15 is 0 Å². The molecule has 0 saturated carbocycles. The number of sulfonamides is 1. The van der Waals surface area contributed by atoms with Crippen molar-refractivity contribution >= 4 is 55.2 Å². The summed E-state index contributed by atoms with van der Waals surface area (Å²) in [7, 11) is -4.20. The zero-order valence-corrected chi connectivity index (χ0v) is 27.8. The Labute approximate surface area is 262 Å². The molecule has 1 atom stereocenters. The summed E-state index contributed by atoms with van der Waals surface area (Å²) in [5.74, 6) is -0.282. The van der Waals surface area contributed by atoms with Gasteiger partial charge in [-0.1, -0.05) is 54.0 Å². The zero-order chi connectivity index (χ0) is 30.9. The molecule has 8 nitrogen and oxygen atoms in total. The number of hydrogen-bond donors (Lipinski definition) is 1. The number of carbonyl (C=O) groups excluding carboxylic acids is 2. The third-order valence-corrected chi connectivity index (χ3v) is 9.52. The van der Waals surface area contributed by atoms with Gasteiger partial charge in [-0.2, -0.15) is 0 Å². The third kappa shape index (κ3) is 8.75. The number of anilines is 1. The minimum Gasteiger partial charge on any atom is -0.492 e. The van der Waals surface area contributed by atoms with E-state index in [9.17, 15) is 18.0 Å². The first-order valence-corrected chi connectivity index (χ1v) is 17.1. The Bertz CT molecular complexity index is 1450. The smallest absolute Gasteiger partial charge is 0.264 e. The predicted molar refractivity (Wildman–Crippen MR) is 172 cm³/mol. The number of carbonyl (C=O) groups is 2. The Morgan fingerprint density at radius 1 is 0.976 bits per heavy atom. The molecule has 11 heteroatoms. The molecule has 0 fully saturated rings. The standard InChI is InChI=1S/C31H38BrN3O5S2/c1-6-40-29-10-8-7-9-28(29)35(42(38,39)27-17-15-26(41-5)16-18-27)21-30(36)34(20-24-11-13-25(32)14-12-24)23(4)31(37)33-19-22(2)3/h7-18,22-23H,6,19-21H2,1-5H3,(H,33,37)/t23-/m0/s1.